The molecule has 3 rings (SSSR count). The van der Waals surface area contributed by atoms with E-state index in [1.54, 1.807) is 30.0 Å². The number of benzene rings is 2. The highest BCUT2D eigenvalue weighted by Crippen LogP contribution is 2.31. The minimum Gasteiger partial charge on any atom is -0.398 e. The van der Waals surface area contributed by atoms with Crippen LogP contribution >= 0.6 is 0 Å². The van der Waals surface area contributed by atoms with Gasteiger partial charge < -0.3 is 10.6 Å². The van der Waals surface area contributed by atoms with Crippen molar-refractivity contribution in [1.29, 1.82) is 10.7 Å². The number of carbonyl (C=O) groups excluding carboxylic acids is 1. The highest BCUT2D eigenvalue weighted by atomic mass is 19.1. The highest BCUT2D eigenvalue weighted by molar-refractivity contribution is 6.00. The molecule has 1 aliphatic heterocycles. The fraction of sp³-hybridized carbons (Fsp3) is 0.292. The molecule has 0 radical (unpaired) electrons. The van der Waals surface area contributed by atoms with Crippen molar-refractivity contribution in [3.05, 3.63) is 75.4 Å². The van der Waals surface area contributed by atoms with Gasteiger partial charge in [-0.1, -0.05) is 25.1 Å². The van der Waals surface area contributed by atoms with Gasteiger partial charge in [0.05, 0.1) is 11.6 Å². The number of nitrogens with zero attached hydrogens (tertiary/aromatic N) is 2. The number of amides is 1. The quantitative estimate of drug-likeness (QED) is 0.721. The van der Waals surface area contributed by atoms with Crippen LogP contribution in [0.3, 0.4) is 0 Å². The number of nitrogens with one attached hydrogen (secondary N) is 1. The number of rotatable bonds is 5. The Balaban J connectivity index is 1.83. The van der Waals surface area contributed by atoms with Crippen LogP contribution in [0.5, 0.6) is 0 Å². The molecular formula is C24H25FN4O. The van der Waals surface area contributed by atoms with Crippen LogP contribution in [-0.4, -0.2) is 29.9 Å². The summed E-state index contributed by atoms with van der Waals surface area (Å²) in [5.41, 5.74) is 11.1. The molecule has 154 valence electrons. The molecule has 0 aliphatic carbocycles. The van der Waals surface area contributed by atoms with Crippen molar-refractivity contribution in [3.63, 3.8) is 0 Å². The number of nitriles is 1. The first-order valence-electron chi connectivity index (χ1n) is 9.90. The van der Waals surface area contributed by atoms with E-state index in [0.717, 1.165) is 16.7 Å². The van der Waals surface area contributed by atoms with E-state index in [-0.39, 0.29) is 23.1 Å². The van der Waals surface area contributed by atoms with Gasteiger partial charge in [0.1, 0.15) is 0 Å². The second kappa shape index (κ2) is 8.50. The summed E-state index contributed by atoms with van der Waals surface area (Å²) in [6, 6.07) is 13.2. The molecule has 1 fully saturated rings. The van der Waals surface area contributed by atoms with Crippen molar-refractivity contribution >= 4 is 17.6 Å². The van der Waals surface area contributed by atoms with Crippen molar-refractivity contribution in [2.24, 2.45) is 5.73 Å². The number of allylic oxidation sites excluding steroid dienone is 1. The van der Waals surface area contributed by atoms with E-state index in [1.807, 2.05) is 32.0 Å². The highest BCUT2D eigenvalue weighted by Gasteiger charge is 2.33. The molecule has 30 heavy (non-hydrogen) atoms. The zero-order chi connectivity index (χ0) is 22.0. The van der Waals surface area contributed by atoms with Gasteiger partial charge in [-0.3, -0.25) is 10.2 Å². The topological polar surface area (TPSA) is 94.0 Å². The third-order valence-corrected chi connectivity index (χ3v) is 5.72. The van der Waals surface area contributed by atoms with E-state index in [1.165, 1.54) is 0 Å². The number of nitrogens with two attached hydrogens (primary N) is 1. The molecule has 2 aromatic rings. The number of likely N-dealkylation sites (tertiary alicyclic amines) is 1. The third-order valence-electron chi connectivity index (χ3n) is 5.72. The number of hydrogen-bond donors (Lipinski definition) is 2. The Bertz CT molecular complexity index is 1070. The summed E-state index contributed by atoms with van der Waals surface area (Å²) in [6.07, 6.45) is 0.302. The lowest BCUT2D eigenvalue weighted by Gasteiger charge is -2.40. The number of halogens is 1. The SMILES string of the molecule is CC/C(C(=N)F)=C(/N)c1cc(C(=O)N2CC(c3ccc(C#N)cc3)C2)c(C)cc1C. The van der Waals surface area contributed by atoms with E-state index in [0.29, 0.717) is 36.2 Å². The Kier molecular flexibility index (Phi) is 6.02. The predicted molar refractivity (Wildman–Crippen MR) is 116 cm³/mol. The van der Waals surface area contributed by atoms with Crippen LogP contribution in [0.4, 0.5) is 4.39 Å². The van der Waals surface area contributed by atoms with Crippen molar-refractivity contribution in [1.82, 2.24) is 4.90 Å². The van der Waals surface area contributed by atoms with Gasteiger partial charge in [0.2, 0.25) is 5.97 Å². The second-order valence-corrected chi connectivity index (χ2v) is 7.68. The molecule has 1 saturated heterocycles. The molecule has 1 aliphatic rings. The maximum atomic E-state index is 13.6. The molecule has 6 heteroatoms. The van der Waals surface area contributed by atoms with Crippen LogP contribution in [0.1, 0.15) is 57.4 Å². The molecule has 0 aromatic heterocycles. The van der Waals surface area contributed by atoms with Gasteiger partial charge in [-0.05, 0) is 55.2 Å². The van der Waals surface area contributed by atoms with Crippen LogP contribution < -0.4 is 5.73 Å². The van der Waals surface area contributed by atoms with Crippen molar-refractivity contribution in [2.45, 2.75) is 33.1 Å². The Morgan fingerprint density at radius 3 is 2.33 bits per heavy atom. The van der Waals surface area contributed by atoms with E-state index >= 15 is 0 Å². The fourth-order valence-corrected chi connectivity index (χ4v) is 3.85. The second-order valence-electron chi connectivity index (χ2n) is 7.68. The van der Waals surface area contributed by atoms with Crippen molar-refractivity contribution in [2.75, 3.05) is 13.1 Å². The minimum absolute atomic E-state index is 0.0835. The van der Waals surface area contributed by atoms with Crippen LogP contribution in [0, 0.1) is 30.6 Å². The van der Waals surface area contributed by atoms with E-state index < -0.39 is 5.97 Å². The van der Waals surface area contributed by atoms with Gasteiger partial charge in [0.15, 0.2) is 0 Å². The van der Waals surface area contributed by atoms with Crippen LogP contribution in [0.2, 0.25) is 0 Å². The minimum atomic E-state index is -1.05. The first-order chi connectivity index (χ1) is 14.3. The Labute approximate surface area is 176 Å². The van der Waals surface area contributed by atoms with Gasteiger partial charge in [-0.2, -0.15) is 9.65 Å². The summed E-state index contributed by atoms with van der Waals surface area (Å²) in [5, 5.41) is 16.2. The van der Waals surface area contributed by atoms with Crippen molar-refractivity contribution in [3.8, 4) is 6.07 Å². The lowest BCUT2D eigenvalue weighted by Crippen LogP contribution is -2.48. The Morgan fingerprint density at radius 2 is 1.80 bits per heavy atom. The van der Waals surface area contributed by atoms with Gasteiger partial charge >= 0.3 is 0 Å². The molecule has 3 N–H and O–H groups in total. The van der Waals surface area contributed by atoms with E-state index in [2.05, 4.69) is 6.07 Å². The number of hydrogen-bond acceptors (Lipinski definition) is 4. The molecule has 5 nitrogen and oxygen atoms in total. The lowest BCUT2D eigenvalue weighted by atomic mass is 9.89. The summed E-state index contributed by atoms with van der Waals surface area (Å²) < 4.78 is 13.6. The van der Waals surface area contributed by atoms with Gasteiger partial charge in [-0.25, -0.2) is 0 Å². The maximum absolute atomic E-state index is 13.6. The van der Waals surface area contributed by atoms with Crippen LogP contribution in [0.25, 0.3) is 5.70 Å². The average Bonchev–Trinajstić information content (AvgIpc) is 2.67. The number of carbonyl (C=O) groups is 1. The third kappa shape index (κ3) is 3.97. The van der Waals surface area contributed by atoms with Gasteiger partial charge in [-0.15, -0.1) is 0 Å². The summed E-state index contributed by atoms with van der Waals surface area (Å²) in [7, 11) is 0. The smallest absolute Gasteiger partial charge is 0.254 e. The summed E-state index contributed by atoms with van der Waals surface area (Å²) >= 11 is 0. The zero-order valence-corrected chi connectivity index (χ0v) is 17.4. The first-order valence-corrected chi connectivity index (χ1v) is 9.90. The molecule has 0 unspecified atom stereocenters. The van der Waals surface area contributed by atoms with E-state index in [9.17, 15) is 9.18 Å². The molecule has 1 amide bonds. The molecule has 2 aromatic carbocycles. The first kappa shape index (κ1) is 21.3. The molecule has 1 heterocycles. The number of aryl methyl sites for hydroxylation is 2. The van der Waals surface area contributed by atoms with Crippen LogP contribution in [0.15, 0.2) is 42.0 Å². The van der Waals surface area contributed by atoms with Crippen molar-refractivity contribution < 1.29 is 9.18 Å². The zero-order valence-electron chi connectivity index (χ0n) is 17.4. The van der Waals surface area contributed by atoms with Gasteiger partial charge in [0.25, 0.3) is 5.91 Å². The fourth-order valence-electron chi connectivity index (χ4n) is 3.85. The maximum Gasteiger partial charge on any atom is 0.254 e. The lowest BCUT2D eigenvalue weighted by molar-refractivity contribution is 0.0601. The molecule has 0 saturated carbocycles. The standard InChI is InChI=1S/C24H25FN4O/c1-4-19(23(25)28)22(27)20-10-21(15(3)9-14(20)2)24(30)29-12-18(13-29)17-7-5-16(11-26)6-8-17/h5-10,18,28H,4,12-13,27H2,1-3H3/b22-19-,28-23?. The predicted octanol–water partition coefficient (Wildman–Crippen LogP) is 4.44. The van der Waals surface area contributed by atoms with Gasteiger partial charge in [0, 0.05) is 41.4 Å². The molecule has 0 spiro atoms. The molecule has 0 atom stereocenters. The molecule has 0 bridgehead atoms. The summed E-state index contributed by atoms with van der Waals surface area (Å²) in [5.74, 6) is -0.883. The summed E-state index contributed by atoms with van der Waals surface area (Å²) in [6.45, 7) is 6.69. The monoisotopic (exact) mass is 404 g/mol. The average molecular weight is 404 g/mol. The normalized spacial score (nSPS) is 14.6. The summed E-state index contributed by atoms with van der Waals surface area (Å²) in [4.78, 5) is 14.9. The molecular weight excluding hydrogens is 379 g/mol. The Morgan fingerprint density at radius 1 is 1.20 bits per heavy atom. The Hall–Kier alpha value is -3.46. The largest absolute Gasteiger partial charge is 0.398 e. The van der Waals surface area contributed by atoms with E-state index in [4.69, 9.17) is 16.4 Å². The van der Waals surface area contributed by atoms with Crippen LogP contribution in [-0.2, 0) is 0 Å².